The number of hydrogen-bond acceptors (Lipinski definition) is 7. The topological polar surface area (TPSA) is 90.5 Å². The van der Waals surface area contributed by atoms with E-state index in [0.717, 1.165) is 12.1 Å². The molecule has 22 heavy (non-hydrogen) atoms. The van der Waals surface area contributed by atoms with Gasteiger partial charge in [0.05, 0.1) is 25.3 Å². The lowest BCUT2D eigenvalue weighted by atomic mass is 10.1. The first-order valence-corrected chi connectivity index (χ1v) is 8.09. The van der Waals surface area contributed by atoms with Crippen LogP contribution in [0.5, 0.6) is 0 Å². The van der Waals surface area contributed by atoms with Crippen LogP contribution < -0.4 is 10.9 Å². The summed E-state index contributed by atoms with van der Waals surface area (Å²) in [5.74, 6) is 0.601. The lowest BCUT2D eigenvalue weighted by Crippen LogP contribution is -2.50. The standard InChI is InChI=1S/C14H20N4O3S/c1-18(8-14(20)7-15-3-4-21-9-14)6-11-16-10-2-5-22-12(10)13(19)17-11/h2,5,15,20H,3-4,6-9H2,1H3,(H,16,17,19)/t14-/m1/s1. The minimum atomic E-state index is -0.933. The molecule has 3 rings (SSSR count). The zero-order valence-electron chi connectivity index (χ0n) is 12.5. The van der Waals surface area contributed by atoms with Crippen LogP contribution in [0.3, 0.4) is 0 Å². The van der Waals surface area contributed by atoms with Crippen molar-refractivity contribution in [1.29, 1.82) is 0 Å². The fourth-order valence-electron chi connectivity index (χ4n) is 2.69. The Morgan fingerprint density at radius 2 is 2.45 bits per heavy atom. The van der Waals surface area contributed by atoms with Crippen molar-refractivity contribution in [1.82, 2.24) is 20.2 Å². The molecule has 2 aromatic heterocycles. The molecule has 8 heteroatoms. The van der Waals surface area contributed by atoms with E-state index in [0.29, 0.717) is 43.4 Å². The van der Waals surface area contributed by atoms with Crippen LogP contribution >= 0.6 is 11.3 Å². The number of ether oxygens (including phenoxy) is 1. The molecule has 1 saturated heterocycles. The molecule has 0 amide bonds. The molecule has 3 N–H and O–H groups in total. The van der Waals surface area contributed by atoms with Gasteiger partial charge in [-0.3, -0.25) is 9.69 Å². The molecule has 2 aromatic rings. The van der Waals surface area contributed by atoms with Gasteiger partial charge in [0.1, 0.15) is 16.1 Å². The fourth-order valence-corrected chi connectivity index (χ4v) is 3.42. The van der Waals surface area contributed by atoms with Gasteiger partial charge in [0.2, 0.25) is 0 Å². The summed E-state index contributed by atoms with van der Waals surface area (Å²) in [6.45, 7) is 3.04. The van der Waals surface area contributed by atoms with Crippen molar-refractivity contribution in [2.45, 2.75) is 12.1 Å². The second-order valence-corrected chi connectivity index (χ2v) is 6.69. The van der Waals surface area contributed by atoms with Crippen LogP contribution in [0.25, 0.3) is 10.2 Å². The van der Waals surface area contributed by atoms with Crippen molar-refractivity contribution >= 4 is 21.6 Å². The van der Waals surface area contributed by atoms with Crippen LogP contribution in [0.15, 0.2) is 16.2 Å². The van der Waals surface area contributed by atoms with Crippen LogP contribution in [-0.2, 0) is 11.3 Å². The van der Waals surface area contributed by atoms with Crippen molar-refractivity contribution in [2.24, 2.45) is 0 Å². The number of aromatic nitrogens is 2. The van der Waals surface area contributed by atoms with Gasteiger partial charge < -0.3 is 20.1 Å². The number of β-amino-alcohol motifs (C(OH)–C–C–N with tert-alkyl or cyclic N) is 1. The third-order valence-electron chi connectivity index (χ3n) is 3.60. The van der Waals surface area contributed by atoms with Crippen molar-refractivity contribution in [2.75, 3.05) is 39.9 Å². The molecule has 3 heterocycles. The molecule has 1 atom stereocenters. The Morgan fingerprint density at radius 1 is 1.59 bits per heavy atom. The van der Waals surface area contributed by atoms with Crippen molar-refractivity contribution in [3.63, 3.8) is 0 Å². The van der Waals surface area contributed by atoms with Gasteiger partial charge in [-0.1, -0.05) is 0 Å². The molecule has 0 spiro atoms. The third kappa shape index (κ3) is 3.53. The molecule has 0 aliphatic carbocycles. The first-order valence-electron chi connectivity index (χ1n) is 7.22. The van der Waals surface area contributed by atoms with Gasteiger partial charge in [-0.05, 0) is 18.5 Å². The fraction of sp³-hybridized carbons (Fsp3) is 0.571. The number of likely N-dealkylation sites (N-methyl/N-ethyl adjacent to an activating group) is 1. The molecule has 0 saturated carbocycles. The van der Waals surface area contributed by atoms with Gasteiger partial charge in [-0.25, -0.2) is 4.98 Å². The van der Waals surface area contributed by atoms with E-state index in [1.807, 2.05) is 23.4 Å². The minimum absolute atomic E-state index is 0.110. The summed E-state index contributed by atoms with van der Waals surface area (Å²) in [5, 5.41) is 15.6. The number of rotatable bonds is 4. The van der Waals surface area contributed by atoms with Crippen molar-refractivity contribution < 1.29 is 9.84 Å². The van der Waals surface area contributed by atoms with Gasteiger partial charge in [-0.2, -0.15) is 0 Å². The lowest BCUT2D eigenvalue weighted by Gasteiger charge is -2.30. The van der Waals surface area contributed by atoms with Crippen molar-refractivity contribution in [3.8, 4) is 0 Å². The Hall–Kier alpha value is -1.32. The number of aliphatic hydroxyl groups is 1. The smallest absolute Gasteiger partial charge is 0.268 e. The van der Waals surface area contributed by atoms with E-state index >= 15 is 0 Å². The average molecular weight is 324 g/mol. The van der Waals surface area contributed by atoms with E-state index in [1.54, 1.807) is 0 Å². The summed E-state index contributed by atoms with van der Waals surface area (Å²) in [5.41, 5.74) is -0.324. The van der Waals surface area contributed by atoms with E-state index in [2.05, 4.69) is 15.3 Å². The molecule has 0 radical (unpaired) electrons. The number of nitrogens with one attached hydrogen (secondary N) is 2. The largest absolute Gasteiger partial charge is 0.385 e. The highest BCUT2D eigenvalue weighted by Crippen LogP contribution is 2.15. The van der Waals surface area contributed by atoms with Crippen LogP contribution in [0.4, 0.5) is 0 Å². The molecular weight excluding hydrogens is 304 g/mol. The number of aromatic amines is 1. The Labute approximate surface area is 131 Å². The zero-order valence-corrected chi connectivity index (χ0v) is 13.3. The number of hydrogen-bond donors (Lipinski definition) is 3. The molecule has 0 aromatic carbocycles. The molecule has 1 fully saturated rings. The highest BCUT2D eigenvalue weighted by atomic mass is 32.1. The van der Waals surface area contributed by atoms with Gasteiger partial charge >= 0.3 is 0 Å². The summed E-state index contributed by atoms with van der Waals surface area (Å²) >= 11 is 1.39. The summed E-state index contributed by atoms with van der Waals surface area (Å²) in [4.78, 5) is 21.2. The Morgan fingerprint density at radius 3 is 3.32 bits per heavy atom. The number of thiophene rings is 1. The van der Waals surface area contributed by atoms with E-state index in [4.69, 9.17) is 4.74 Å². The summed E-state index contributed by atoms with van der Waals surface area (Å²) in [7, 11) is 1.89. The Bertz CT molecular complexity index is 691. The Balaban J connectivity index is 1.69. The van der Waals surface area contributed by atoms with E-state index in [9.17, 15) is 9.90 Å². The average Bonchev–Trinajstić information content (AvgIpc) is 2.81. The zero-order chi connectivity index (χ0) is 15.6. The first-order chi connectivity index (χ1) is 10.6. The quantitative estimate of drug-likeness (QED) is 0.720. The maximum Gasteiger partial charge on any atom is 0.268 e. The molecule has 1 aliphatic heterocycles. The van der Waals surface area contributed by atoms with Gasteiger partial charge in [0.15, 0.2) is 0 Å². The van der Waals surface area contributed by atoms with Crippen molar-refractivity contribution in [3.05, 3.63) is 27.6 Å². The second kappa shape index (κ2) is 6.43. The summed E-state index contributed by atoms with van der Waals surface area (Å²) in [6.07, 6.45) is 0. The third-order valence-corrected chi connectivity index (χ3v) is 4.50. The molecular formula is C14H20N4O3S. The summed E-state index contributed by atoms with van der Waals surface area (Å²) < 4.78 is 6.06. The van der Waals surface area contributed by atoms with Crippen LogP contribution in [0.1, 0.15) is 5.82 Å². The minimum Gasteiger partial charge on any atom is -0.385 e. The maximum absolute atomic E-state index is 12.0. The highest BCUT2D eigenvalue weighted by Gasteiger charge is 2.30. The van der Waals surface area contributed by atoms with Crippen LogP contribution in [-0.4, -0.2) is 65.5 Å². The second-order valence-electron chi connectivity index (χ2n) is 5.77. The SMILES string of the molecule is CN(Cc1nc2ccsc2c(=O)[nH]1)C[C@]1(O)CNCCOC1. The van der Waals surface area contributed by atoms with Gasteiger partial charge in [-0.15, -0.1) is 11.3 Å². The van der Waals surface area contributed by atoms with E-state index in [-0.39, 0.29) is 5.56 Å². The predicted octanol–water partition coefficient (Wildman–Crippen LogP) is -0.233. The Kier molecular flexibility index (Phi) is 4.55. The lowest BCUT2D eigenvalue weighted by molar-refractivity contribution is -0.0464. The van der Waals surface area contributed by atoms with Gasteiger partial charge in [0.25, 0.3) is 5.56 Å². The van der Waals surface area contributed by atoms with E-state index < -0.39 is 5.60 Å². The normalized spacial score (nSPS) is 23.0. The highest BCUT2D eigenvalue weighted by molar-refractivity contribution is 7.17. The molecule has 7 nitrogen and oxygen atoms in total. The molecule has 120 valence electrons. The molecule has 0 bridgehead atoms. The molecule has 1 aliphatic rings. The number of fused-ring (bicyclic) bond motifs is 1. The number of H-pyrrole nitrogens is 1. The molecule has 0 unspecified atom stereocenters. The van der Waals surface area contributed by atoms with E-state index in [1.165, 1.54) is 11.3 Å². The first kappa shape index (κ1) is 15.6. The van der Waals surface area contributed by atoms with Crippen LogP contribution in [0.2, 0.25) is 0 Å². The van der Waals surface area contributed by atoms with Gasteiger partial charge in [0, 0.05) is 19.6 Å². The maximum atomic E-state index is 12.0. The predicted molar refractivity (Wildman–Crippen MR) is 85.2 cm³/mol. The summed E-state index contributed by atoms with van der Waals surface area (Å²) in [6, 6.07) is 1.84. The number of nitrogens with zero attached hydrogens (tertiary/aromatic N) is 2. The van der Waals surface area contributed by atoms with Crippen LogP contribution in [0, 0.1) is 0 Å². The monoisotopic (exact) mass is 324 g/mol.